The summed E-state index contributed by atoms with van der Waals surface area (Å²) in [5.74, 6) is 0.773. The Bertz CT molecular complexity index is 1210. The van der Waals surface area contributed by atoms with Crippen molar-refractivity contribution in [3.8, 4) is 17.0 Å². The summed E-state index contributed by atoms with van der Waals surface area (Å²) in [6.45, 7) is 2.16. The molecule has 0 bridgehead atoms. The Morgan fingerprint density at radius 3 is 2.60 bits per heavy atom. The average molecular weight is 415 g/mol. The van der Waals surface area contributed by atoms with Crippen LogP contribution in [0.5, 0.6) is 5.75 Å². The highest BCUT2D eigenvalue weighted by atomic mass is 32.1. The van der Waals surface area contributed by atoms with E-state index in [1.807, 2.05) is 47.3 Å². The highest BCUT2D eigenvalue weighted by molar-refractivity contribution is 7.07. The Morgan fingerprint density at radius 2 is 1.87 bits per heavy atom. The fraction of sp³-hybridized carbons (Fsp3) is 0.125. The van der Waals surface area contributed by atoms with Gasteiger partial charge in [-0.25, -0.2) is 9.67 Å². The summed E-state index contributed by atoms with van der Waals surface area (Å²) >= 11 is 1.55. The minimum atomic E-state index is 0.773. The number of pyridine rings is 1. The topological polar surface area (TPSA) is 51.8 Å². The molecule has 0 spiro atoms. The molecule has 0 aliphatic heterocycles. The van der Waals surface area contributed by atoms with E-state index in [0.717, 1.165) is 39.5 Å². The van der Waals surface area contributed by atoms with Crippen LogP contribution in [0, 0.1) is 0 Å². The minimum Gasteiger partial charge on any atom is -0.497 e. The zero-order valence-corrected chi connectivity index (χ0v) is 17.7. The number of nitrogens with zero attached hydrogens (tertiary/aromatic N) is 4. The molecule has 30 heavy (non-hydrogen) atoms. The van der Waals surface area contributed by atoms with Crippen LogP contribution in [-0.2, 0) is 6.42 Å². The van der Waals surface area contributed by atoms with Crippen LogP contribution >= 0.6 is 11.3 Å². The smallest absolute Gasteiger partial charge is 0.211 e. The molecule has 0 atom stereocenters. The van der Waals surface area contributed by atoms with Gasteiger partial charge in [-0.3, -0.25) is 4.98 Å². The normalized spacial score (nSPS) is 11.9. The van der Waals surface area contributed by atoms with Crippen molar-refractivity contribution in [3.05, 3.63) is 94.4 Å². The van der Waals surface area contributed by atoms with Crippen LogP contribution in [0.2, 0.25) is 0 Å². The van der Waals surface area contributed by atoms with Crippen LogP contribution < -0.4 is 9.54 Å². The van der Waals surface area contributed by atoms with E-state index in [0.29, 0.717) is 0 Å². The Kier molecular flexibility index (Phi) is 6.15. The van der Waals surface area contributed by atoms with Crippen LogP contribution in [0.25, 0.3) is 11.3 Å². The van der Waals surface area contributed by atoms with Crippen molar-refractivity contribution in [2.45, 2.75) is 13.3 Å². The number of benzene rings is 2. The van der Waals surface area contributed by atoms with E-state index in [4.69, 9.17) is 14.8 Å². The van der Waals surface area contributed by atoms with Crippen molar-refractivity contribution in [3.63, 3.8) is 0 Å². The third kappa shape index (κ3) is 4.55. The van der Waals surface area contributed by atoms with E-state index in [1.165, 1.54) is 5.56 Å². The maximum absolute atomic E-state index is 5.33. The maximum atomic E-state index is 5.33. The second-order valence-electron chi connectivity index (χ2n) is 6.60. The fourth-order valence-corrected chi connectivity index (χ4v) is 3.82. The summed E-state index contributed by atoms with van der Waals surface area (Å²) in [6, 6.07) is 20.1. The molecule has 0 saturated heterocycles. The summed E-state index contributed by atoms with van der Waals surface area (Å²) in [5, 5.41) is 6.83. The van der Waals surface area contributed by atoms with Crippen LogP contribution in [0.1, 0.15) is 18.1 Å². The quantitative estimate of drug-likeness (QED) is 0.402. The molecule has 2 heterocycles. The molecule has 4 rings (SSSR count). The highest BCUT2D eigenvalue weighted by Crippen LogP contribution is 2.23. The van der Waals surface area contributed by atoms with Gasteiger partial charge in [0.25, 0.3) is 0 Å². The van der Waals surface area contributed by atoms with Gasteiger partial charge >= 0.3 is 0 Å². The molecule has 2 aromatic carbocycles. The van der Waals surface area contributed by atoms with Crippen molar-refractivity contribution in [1.82, 2.24) is 9.66 Å². The van der Waals surface area contributed by atoms with Crippen LogP contribution in [0.3, 0.4) is 0 Å². The summed E-state index contributed by atoms with van der Waals surface area (Å²) in [5.41, 5.74) is 5.19. The number of thiazole rings is 1. The van der Waals surface area contributed by atoms with Gasteiger partial charge in [0.15, 0.2) is 0 Å². The van der Waals surface area contributed by atoms with Gasteiger partial charge in [-0.2, -0.15) is 5.10 Å². The van der Waals surface area contributed by atoms with Crippen molar-refractivity contribution in [2.24, 2.45) is 10.1 Å². The molecular formula is C24H22N4OS. The molecular weight excluding hydrogens is 392 g/mol. The Hall–Kier alpha value is -3.51. The molecule has 5 nitrogen and oxygen atoms in total. The van der Waals surface area contributed by atoms with Crippen molar-refractivity contribution in [1.29, 1.82) is 0 Å². The molecule has 0 N–H and O–H groups in total. The Morgan fingerprint density at radius 1 is 1.07 bits per heavy atom. The Balaban J connectivity index is 1.82. The second-order valence-corrected chi connectivity index (χ2v) is 7.44. The Labute approximate surface area is 179 Å². The lowest BCUT2D eigenvalue weighted by molar-refractivity contribution is 0.415. The van der Waals surface area contributed by atoms with Crippen molar-refractivity contribution >= 4 is 23.2 Å². The minimum absolute atomic E-state index is 0.773. The van der Waals surface area contributed by atoms with Crippen molar-refractivity contribution < 1.29 is 4.74 Å². The molecule has 0 saturated carbocycles. The second kappa shape index (κ2) is 9.33. The lowest BCUT2D eigenvalue weighted by Gasteiger charge is -2.05. The third-order valence-corrected chi connectivity index (χ3v) is 5.47. The van der Waals surface area contributed by atoms with E-state index >= 15 is 0 Å². The largest absolute Gasteiger partial charge is 0.497 e. The molecule has 4 aromatic rings. The predicted molar refractivity (Wildman–Crippen MR) is 123 cm³/mol. The fourth-order valence-electron chi connectivity index (χ4n) is 2.96. The summed E-state index contributed by atoms with van der Waals surface area (Å²) in [7, 11) is 1.65. The molecule has 150 valence electrons. The molecule has 0 aliphatic carbocycles. The molecule has 0 aliphatic rings. The summed E-state index contributed by atoms with van der Waals surface area (Å²) < 4.78 is 7.21. The number of hydrogen-bond donors (Lipinski definition) is 0. The van der Waals surface area contributed by atoms with Crippen LogP contribution in [0.15, 0.2) is 88.5 Å². The first-order chi connectivity index (χ1) is 14.8. The van der Waals surface area contributed by atoms with Gasteiger partial charge in [0, 0.05) is 29.4 Å². The third-order valence-electron chi connectivity index (χ3n) is 4.65. The van der Waals surface area contributed by atoms with E-state index in [2.05, 4.69) is 41.6 Å². The lowest BCUT2D eigenvalue weighted by Crippen LogP contribution is -2.11. The number of rotatable bonds is 6. The van der Waals surface area contributed by atoms with Gasteiger partial charge in [0.05, 0.1) is 24.7 Å². The first kappa shape index (κ1) is 19.8. The molecule has 0 unspecified atom stereocenters. The summed E-state index contributed by atoms with van der Waals surface area (Å²) in [4.78, 5) is 9.66. The molecule has 6 heteroatoms. The van der Waals surface area contributed by atoms with Gasteiger partial charge in [-0.1, -0.05) is 37.3 Å². The van der Waals surface area contributed by atoms with E-state index in [1.54, 1.807) is 30.8 Å². The van der Waals surface area contributed by atoms with Crippen LogP contribution in [-0.4, -0.2) is 23.0 Å². The predicted octanol–water partition coefficient (Wildman–Crippen LogP) is 5.30. The number of hydrogen-bond acceptors (Lipinski definition) is 5. The molecule has 0 amide bonds. The number of ether oxygens (including phenoxy) is 1. The standard InChI is InChI=1S/C24H22N4OS/c1-3-18-7-9-20(10-8-18)23-17-30-24(27-21-5-4-6-22(15-21)29-2)28(23)26-16-19-11-13-25-14-12-19/h4-17H,3H2,1-2H3. The van der Waals surface area contributed by atoms with Gasteiger partial charge in [-0.15, -0.1) is 11.3 Å². The maximum Gasteiger partial charge on any atom is 0.211 e. The van der Waals surface area contributed by atoms with Gasteiger partial charge in [0.1, 0.15) is 5.75 Å². The molecule has 2 aromatic heterocycles. The number of aromatic nitrogens is 2. The summed E-state index contributed by atoms with van der Waals surface area (Å²) in [6.07, 6.45) is 6.35. The first-order valence-corrected chi connectivity index (χ1v) is 10.6. The van der Waals surface area contributed by atoms with E-state index in [9.17, 15) is 0 Å². The zero-order chi connectivity index (χ0) is 20.8. The van der Waals surface area contributed by atoms with Crippen molar-refractivity contribution in [2.75, 3.05) is 7.11 Å². The molecule has 0 radical (unpaired) electrons. The van der Waals surface area contributed by atoms with E-state index in [-0.39, 0.29) is 0 Å². The highest BCUT2D eigenvalue weighted by Gasteiger charge is 2.08. The average Bonchev–Trinajstić information content (AvgIpc) is 3.20. The SMILES string of the molecule is CCc1ccc(-c2csc(=Nc3cccc(OC)c3)n2N=Cc2ccncc2)cc1. The lowest BCUT2D eigenvalue weighted by atomic mass is 10.1. The van der Waals surface area contributed by atoms with Gasteiger partial charge in [0.2, 0.25) is 4.80 Å². The first-order valence-electron chi connectivity index (χ1n) is 9.70. The van der Waals surface area contributed by atoms with E-state index < -0.39 is 0 Å². The van der Waals surface area contributed by atoms with Gasteiger partial charge < -0.3 is 4.74 Å². The number of aryl methyl sites for hydroxylation is 1. The van der Waals surface area contributed by atoms with Gasteiger partial charge in [-0.05, 0) is 41.8 Å². The number of methoxy groups -OCH3 is 1. The monoisotopic (exact) mass is 414 g/mol. The van der Waals surface area contributed by atoms with Crippen LogP contribution in [0.4, 0.5) is 5.69 Å². The zero-order valence-electron chi connectivity index (χ0n) is 16.9. The molecule has 0 fully saturated rings.